The van der Waals surface area contributed by atoms with Gasteiger partial charge in [-0.1, -0.05) is 212 Å². The number of hydrogen-bond donors (Lipinski definition) is 0. The molecule has 0 spiro atoms. The molecule has 0 amide bonds. The van der Waals surface area contributed by atoms with Gasteiger partial charge in [-0.15, -0.1) is 0 Å². The summed E-state index contributed by atoms with van der Waals surface area (Å²) in [5.74, 6) is 1.04. The van der Waals surface area contributed by atoms with E-state index >= 15 is 0 Å². The minimum atomic E-state index is -0.0939. The molecule has 1 heteroatoms. The first-order valence-electron chi connectivity index (χ1n) is 21.9. The molecular weight excluding hydrogens is 761 g/mol. The largest absolute Gasteiger partial charge is 0.484 e. The summed E-state index contributed by atoms with van der Waals surface area (Å²) >= 11 is 0. The van der Waals surface area contributed by atoms with E-state index in [0.29, 0.717) is 0 Å². The van der Waals surface area contributed by atoms with Gasteiger partial charge < -0.3 is 4.74 Å². The highest BCUT2D eigenvalue weighted by Crippen LogP contribution is 2.51. The van der Waals surface area contributed by atoms with Crippen LogP contribution in [0.2, 0.25) is 0 Å². The second-order valence-electron chi connectivity index (χ2n) is 16.7. The zero-order chi connectivity index (χ0) is 41.7. The molecule has 1 aliphatic heterocycles. The molecule has 1 heterocycles. The maximum atomic E-state index is 6.75. The lowest BCUT2D eigenvalue weighted by Crippen LogP contribution is -2.11. The predicted octanol–water partition coefficient (Wildman–Crippen LogP) is 16.7. The van der Waals surface area contributed by atoms with Crippen molar-refractivity contribution < 1.29 is 4.74 Å². The minimum Gasteiger partial charge on any atom is -0.484 e. The Bertz CT molecular complexity index is 3450. The minimum absolute atomic E-state index is 0.0845. The summed E-state index contributed by atoms with van der Waals surface area (Å²) in [6.45, 7) is 0. The lowest BCUT2D eigenvalue weighted by atomic mass is 9.83. The third kappa shape index (κ3) is 6.58. The Hall–Kier alpha value is -8.00. The van der Waals surface area contributed by atoms with Crippen molar-refractivity contribution in [1.82, 2.24) is 0 Å². The van der Waals surface area contributed by atoms with E-state index in [0.717, 1.165) is 5.75 Å². The first-order chi connectivity index (χ1) is 31.2. The van der Waals surface area contributed by atoms with E-state index in [1.807, 2.05) is 0 Å². The lowest BCUT2D eigenvalue weighted by Gasteiger charge is -2.20. The fourth-order valence-corrected chi connectivity index (χ4v) is 10.0. The van der Waals surface area contributed by atoms with E-state index in [4.69, 9.17) is 4.74 Å². The molecular formula is C62H42O. The Labute approximate surface area is 368 Å². The average molecular weight is 803 g/mol. The van der Waals surface area contributed by atoms with Gasteiger partial charge in [-0.25, -0.2) is 0 Å². The van der Waals surface area contributed by atoms with Gasteiger partial charge in [0.2, 0.25) is 0 Å². The molecule has 11 aromatic rings. The second kappa shape index (κ2) is 15.5. The van der Waals surface area contributed by atoms with E-state index in [1.165, 1.54) is 105 Å². The quantitative estimate of drug-likeness (QED) is 0.146. The summed E-state index contributed by atoms with van der Waals surface area (Å²) in [6, 6.07) is 88.6. The van der Waals surface area contributed by atoms with Gasteiger partial charge in [0.1, 0.15) is 11.9 Å². The van der Waals surface area contributed by atoms with Crippen molar-refractivity contribution in [1.29, 1.82) is 0 Å². The van der Waals surface area contributed by atoms with Gasteiger partial charge in [-0.05, 0) is 129 Å². The van der Waals surface area contributed by atoms with Crippen molar-refractivity contribution in [3.05, 3.63) is 259 Å². The van der Waals surface area contributed by atoms with Crippen molar-refractivity contribution >= 4 is 32.3 Å². The van der Waals surface area contributed by atoms with Crippen molar-refractivity contribution in [2.45, 2.75) is 12.0 Å². The summed E-state index contributed by atoms with van der Waals surface area (Å²) in [5, 5.41) is 7.42. The maximum absolute atomic E-state index is 6.75. The van der Waals surface area contributed by atoms with Crippen LogP contribution >= 0.6 is 0 Å². The summed E-state index contributed by atoms with van der Waals surface area (Å²) in [6.07, 6.45) is -0.0939. The summed E-state index contributed by atoms with van der Waals surface area (Å²) < 4.78 is 6.75. The van der Waals surface area contributed by atoms with Gasteiger partial charge in [0.15, 0.2) is 0 Å². The molecule has 1 aliphatic rings. The Morgan fingerprint density at radius 3 is 1.33 bits per heavy atom. The standard InChI is InChI=1S/C62H42O/c1-5-15-41(16-6-1)49-32-35-54-55(38-49)59(53-34-31-50(42-17-7-2-8-18-42)39-56(53)60(54)52-30-27-43-19-13-14-24-48(43)37-52)46-28-25-44(26-29-46)51-33-36-58-57(40-51)61(45-20-9-3-10-21-45)62(63-58)47-22-11-4-12-23-47/h1-40,61-62H. The van der Waals surface area contributed by atoms with Crippen LogP contribution in [0, 0.1) is 0 Å². The Morgan fingerprint density at radius 1 is 0.270 bits per heavy atom. The molecule has 0 aliphatic carbocycles. The Balaban J connectivity index is 1.05. The highest BCUT2D eigenvalue weighted by atomic mass is 16.5. The first kappa shape index (κ1) is 36.8. The summed E-state index contributed by atoms with van der Waals surface area (Å²) in [4.78, 5) is 0. The number of fused-ring (bicyclic) bond motifs is 4. The van der Waals surface area contributed by atoms with Crippen LogP contribution in [0.25, 0.3) is 88.0 Å². The van der Waals surface area contributed by atoms with Crippen LogP contribution in [0.5, 0.6) is 5.75 Å². The number of benzene rings is 11. The van der Waals surface area contributed by atoms with E-state index < -0.39 is 0 Å². The zero-order valence-corrected chi connectivity index (χ0v) is 34.7. The molecule has 2 atom stereocenters. The number of ether oxygens (including phenoxy) is 1. The fraction of sp³-hybridized carbons (Fsp3) is 0.0323. The highest BCUT2D eigenvalue weighted by molar-refractivity contribution is 6.23. The van der Waals surface area contributed by atoms with Crippen LogP contribution in [-0.4, -0.2) is 0 Å². The third-order valence-electron chi connectivity index (χ3n) is 13.1. The lowest BCUT2D eigenvalue weighted by molar-refractivity contribution is 0.222. The van der Waals surface area contributed by atoms with Crippen LogP contribution in [0.3, 0.4) is 0 Å². The SMILES string of the molecule is c1ccc(-c2ccc3c(-c4ccc5ccccc5c4)c4cc(-c5ccccc5)ccc4c(-c4ccc(-c5ccc6c(c5)C(c5ccccc5)C(c5ccccc5)O6)cc4)c3c2)cc1. The van der Waals surface area contributed by atoms with E-state index in [-0.39, 0.29) is 12.0 Å². The maximum Gasteiger partial charge on any atom is 0.135 e. The van der Waals surface area contributed by atoms with Gasteiger partial charge in [0.25, 0.3) is 0 Å². The van der Waals surface area contributed by atoms with Crippen LogP contribution in [0.1, 0.15) is 28.7 Å². The normalized spacial score (nSPS) is 14.5. The van der Waals surface area contributed by atoms with E-state index in [9.17, 15) is 0 Å². The molecule has 0 fully saturated rings. The number of rotatable bonds is 7. The fourth-order valence-electron chi connectivity index (χ4n) is 10.0. The highest BCUT2D eigenvalue weighted by Gasteiger charge is 2.37. The number of hydrogen-bond acceptors (Lipinski definition) is 1. The molecule has 0 bridgehead atoms. The smallest absolute Gasteiger partial charge is 0.135 e. The molecule has 0 saturated carbocycles. The van der Waals surface area contributed by atoms with Crippen LogP contribution in [0.4, 0.5) is 0 Å². The zero-order valence-electron chi connectivity index (χ0n) is 34.7. The van der Waals surface area contributed by atoms with Gasteiger partial charge in [0.05, 0.1) is 5.92 Å². The predicted molar refractivity (Wildman–Crippen MR) is 264 cm³/mol. The van der Waals surface area contributed by atoms with E-state index in [1.54, 1.807) is 0 Å². The molecule has 0 N–H and O–H groups in total. The molecule has 2 unspecified atom stereocenters. The van der Waals surface area contributed by atoms with Crippen molar-refractivity contribution in [2.75, 3.05) is 0 Å². The van der Waals surface area contributed by atoms with Crippen molar-refractivity contribution in [2.24, 2.45) is 0 Å². The first-order valence-corrected chi connectivity index (χ1v) is 21.9. The Kier molecular flexibility index (Phi) is 9.04. The van der Waals surface area contributed by atoms with Crippen LogP contribution in [-0.2, 0) is 0 Å². The summed E-state index contributed by atoms with van der Waals surface area (Å²) in [7, 11) is 0. The molecule has 12 rings (SSSR count). The van der Waals surface area contributed by atoms with Gasteiger partial charge in [-0.2, -0.15) is 0 Å². The molecule has 0 radical (unpaired) electrons. The average Bonchev–Trinajstić information content (AvgIpc) is 3.75. The van der Waals surface area contributed by atoms with Crippen molar-refractivity contribution in [3.8, 4) is 61.4 Å². The van der Waals surface area contributed by atoms with Crippen molar-refractivity contribution in [3.63, 3.8) is 0 Å². The van der Waals surface area contributed by atoms with Gasteiger partial charge in [-0.3, -0.25) is 0 Å². The Morgan fingerprint density at radius 2 is 0.714 bits per heavy atom. The second-order valence-corrected chi connectivity index (χ2v) is 16.7. The van der Waals surface area contributed by atoms with Crippen LogP contribution < -0.4 is 4.74 Å². The molecule has 296 valence electrons. The third-order valence-corrected chi connectivity index (χ3v) is 13.1. The summed E-state index contributed by atoms with van der Waals surface area (Å²) in [5.41, 5.74) is 15.7. The molecule has 0 aromatic heterocycles. The van der Waals surface area contributed by atoms with Crippen LogP contribution in [0.15, 0.2) is 243 Å². The van der Waals surface area contributed by atoms with Gasteiger partial charge in [0, 0.05) is 5.56 Å². The molecule has 0 saturated heterocycles. The van der Waals surface area contributed by atoms with Gasteiger partial charge >= 0.3 is 0 Å². The molecule has 1 nitrogen and oxygen atoms in total. The topological polar surface area (TPSA) is 9.23 Å². The molecule has 63 heavy (non-hydrogen) atoms. The van der Waals surface area contributed by atoms with E-state index in [2.05, 4.69) is 243 Å². The molecule has 11 aromatic carbocycles. The monoisotopic (exact) mass is 802 g/mol.